The molecular weight excluding hydrogens is 242 g/mol. The second-order valence-electron chi connectivity index (χ2n) is 5.09. The van der Waals surface area contributed by atoms with Crippen LogP contribution in [-0.2, 0) is 10.5 Å². The molecule has 0 radical (unpaired) electrons. The lowest BCUT2D eigenvalue weighted by molar-refractivity contribution is -0.00156. The monoisotopic (exact) mass is 267 g/mol. The fourth-order valence-electron chi connectivity index (χ4n) is 1.83. The quantitative estimate of drug-likeness (QED) is 0.819. The molecule has 18 heavy (non-hydrogen) atoms. The van der Waals surface area contributed by atoms with E-state index in [2.05, 4.69) is 50.4 Å². The lowest BCUT2D eigenvalue weighted by Gasteiger charge is -2.32. The van der Waals surface area contributed by atoms with Crippen LogP contribution in [0.5, 0.6) is 0 Å². The summed E-state index contributed by atoms with van der Waals surface area (Å²) in [5.74, 6) is 2.11. The molecule has 0 saturated carbocycles. The van der Waals surface area contributed by atoms with Gasteiger partial charge in [-0.25, -0.2) is 0 Å². The lowest BCUT2D eigenvalue weighted by Crippen LogP contribution is -2.48. The van der Waals surface area contributed by atoms with E-state index in [9.17, 15) is 0 Å². The fraction of sp³-hybridized carbons (Fsp3) is 0.600. The molecule has 1 N–H and O–H groups in total. The van der Waals surface area contributed by atoms with Gasteiger partial charge in [-0.15, -0.1) is 0 Å². The SMILES string of the molecule is CNC(CSCc1ccccc1C)C(C)(C)OC. The summed E-state index contributed by atoms with van der Waals surface area (Å²) < 4.78 is 5.54. The zero-order valence-corrected chi connectivity index (χ0v) is 12.9. The van der Waals surface area contributed by atoms with Crippen molar-refractivity contribution < 1.29 is 4.74 Å². The standard InChI is InChI=1S/C15H25NOS/c1-12-8-6-7-9-13(12)10-18-11-14(16-4)15(2,3)17-5/h6-9,14,16H,10-11H2,1-5H3. The number of ether oxygens (including phenoxy) is 1. The van der Waals surface area contributed by atoms with E-state index < -0.39 is 0 Å². The minimum absolute atomic E-state index is 0.131. The molecule has 1 aromatic carbocycles. The smallest absolute Gasteiger partial charge is 0.0782 e. The zero-order valence-electron chi connectivity index (χ0n) is 12.1. The van der Waals surface area contributed by atoms with Gasteiger partial charge in [0.1, 0.15) is 0 Å². The molecule has 0 bridgehead atoms. The highest BCUT2D eigenvalue weighted by atomic mass is 32.2. The molecule has 0 amide bonds. The maximum Gasteiger partial charge on any atom is 0.0782 e. The highest BCUT2D eigenvalue weighted by Gasteiger charge is 2.27. The van der Waals surface area contributed by atoms with E-state index in [0.29, 0.717) is 6.04 Å². The number of hydrogen-bond acceptors (Lipinski definition) is 3. The minimum atomic E-state index is -0.131. The van der Waals surface area contributed by atoms with Crippen LogP contribution in [0.15, 0.2) is 24.3 Å². The molecule has 0 heterocycles. The molecule has 0 spiro atoms. The Bertz CT molecular complexity index is 365. The summed E-state index contributed by atoms with van der Waals surface area (Å²) in [4.78, 5) is 0. The van der Waals surface area contributed by atoms with E-state index in [1.54, 1.807) is 7.11 Å². The molecule has 0 aromatic heterocycles. The Balaban J connectivity index is 2.48. The average Bonchev–Trinajstić information content (AvgIpc) is 2.36. The van der Waals surface area contributed by atoms with Crippen LogP contribution in [0.2, 0.25) is 0 Å². The third kappa shape index (κ3) is 4.30. The van der Waals surface area contributed by atoms with Crippen molar-refractivity contribution in [3.63, 3.8) is 0 Å². The number of methoxy groups -OCH3 is 1. The third-order valence-electron chi connectivity index (χ3n) is 3.52. The summed E-state index contributed by atoms with van der Waals surface area (Å²) in [7, 11) is 3.77. The highest BCUT2D eigenvalue weighted by molar-refractivity contribution is 7.98. The number of hydrogen-bond donors (Lipinski definition) is 1. The molecule has 0 aliphatic rings. The van der Waals surface area contributed by atoms with Gasteiger partial charge in [-0.3, -0.25) is 0 Å². The van der Waals surface area contributed by atoms with E-state index in [-0.39, 0.29) is 5.60 Å². The van der Waals surface area contributed by atoms with Gasteiger partial charge < -0.3 is 10.1 Å². The molecule has 0 aliphatic heterocycles. The molecule has 3 heteroatoms. The van der Waals surface area contributed by atoms with Crippen molar-refractivity contribution >= 4 is 11.8 Å². The Morgan fingerprint density at radius 3 is 2.56 bits per heavy atom. The Labute approximate surface area is 116 Å². The first kappa shape index (κ1) is 15.5. The topological polar surface area (TPSA) is 21.3 Å². The normalized spacial score (nSPS) is 13.6. The van der Waals surface area contributed by atoms with Crippen LogP contribution >= 0.6 is 11.8 Å². The molecule has 0 fully saturated rings. The largest absolute Gasteiger partial charge is 0.377 e. The number of rotatable bonds is 7. The van der Waals surface area contributed by atoms with Gasteiger partial charge in [0.15, 0.2) is 0 Å². The van der Waals surface area contributed by atoms with Gasteiger partial charge in [0, 0.05) is 24.7 Å². The predicted octanol–water partition coefficient (Wildman–Crippen LogP) is 3.24. The van der Waals surface area contributed by atoms with Crippen LogP contribution in [-0.4, -0.2) is 31.6 Å². The molecule has 0 aliphatic carbocycles. The molecule has 2 nitrogen and oxygen atoms in total. The van der Waals surface area contributed by atoms with E-state index in [4.69, 9.17) is 4.74 Å². The van der Waals surface area contributed by atoms with E-state index in [0.717, 1.165) is 11.5 Å². The van der Waals surface area contributed by atoms with Crippen LogP contribution < -0.4 is 5.32 Å². The van der Waals surface area contributed by atoms with Gasteiger partial charge in [0.25, 0.3) is 0 Å². The zero-order chi connectivity index (χ0) is 13.6. The van der Waals surface area contributed by atoms with Crippen LogP contribution in [0.25, 0.3) is 0 Å². The summed E-state index contributed by atoms with van der Waals surface area (Å²) in [6.45, 7) is 6.43. The van der Waals surface area contributed by atoms with E-state index in [1.165, 1.54) is 11.1 Å². The minimum Gasteiger partial charge on any atom is -0.377 e. The van der Waals surface area contributed by atoms with Gasteiger partial charge >= 0.3 is 0 Å². The number of thioether (sulfide) groups is 1. The van der Waals surface area contributed by atoms with Crippen molar-refractivity contribution in [1.29, 1.82) is 0 Å². The maximum absolute atomic E-state index is 5.54. The Kier molecular flexibility index (Phi) is 6.19. The Morgan fingerprint density at radius 2 is 2.00 bits per heavy atom. The summed E-state index contributed by atoms with van der Waals surface area (Å²) in [5, 5.41) is 3.35. The van der Waals surface area contributed by atoms with E-state index in [1.807, 2.05) is 18.8 Å². The van der Waals surface area contributed by atoms with Gasteiger partial charge in [0.2, 0.25) is 0 Å². The van der Waals surface area contributed by atoms with E-state index >= 15 is 0 Å². The lowest BCUT2D eigenvalue weighted by atomic mass is 10.0. The van der Waals surface area contributed by atoms with Gasteiger partial charge in [0.05, 0.1) is 5.60 Å². The summed E-state index contributed by atoms with van der Waals surface area (Å²) in [6.07, 6.45) is 0. The van der Waals surface area contributed by atoms with Crippen molar-refractivity contribution in [1.82, 2.24) is 5.32 Å². The number of aryl methyl sites for hydroxylation is 1. The summed E-state index contributed by atoms with van der Waals surface area (Å²) >= 11 is 1.95. The number of benzene rings is 1. The molecule has 1 rings (SSSR count). The predicted molar refractivity (Wildman–Crippen MR) is 81.3 cm³/mol. The second kappa shape index (κ2) is 7.17. The van der Waals surface area contributed by atoms with Crippen LogP contribution in [0.4, 0.5) is 0 Å². The highest BCUT2D eigenvalue weighted by Crippen LogP contribution is 2.21. The first-order valence-electron chi connectivity index (χ1n) is 6.36. The van der Waals surface area contributed by atoms with Crippen molar-refractivity contribution in [3.05, 3.63) is 35.4 Å². The third-order valence-corrected chi connectivity index (χ3v) is 4.60. The van der Waals surface area contributed by atoms with Crippen LogP contribution in [0, 0.1) is 6.92 Å². The number of nitrogens with one attached hydrogen (secondary N) is 1. The maximum atomic E-state index is 5.54. The first-order valence-corrected chi connectivity index (χ1v) is 7.51. The number of likely N-dealkylation sites (N-methyl/N-ethyl adjacent to an activating group) is 1. The van der Waals surface area contributed by atoms with Gasteiger partial charge in [-0.1, -0.05) is 24.3 Å². The van der Waals surface area contributed by atoms with Crippen molar-refractivity contribution in [2.45, 2.75) is 38.2 Å². The molecule has 102 valence electrons. The van der Waals surface area contributed by atoms with Gasteiger partial charge in [-0.05, 0) is 38.9 Å². The molecule has 1 unspecified atom stereocenters. The van der Waals surface area contributed by atoms with Crippen molar-refractivity contribution in [2.75, 3.05) is 19.9 Å². The molecular formula is C15H25NOS. The molecule has 1 atom stereocenters. The first-order chi connectivity index (χ1) is 8.51. The van der Waals surface area contributed by atoms with Crippen molar-refractivity contribution in [2.24, 2.45) is 0 Å². The fourth-order valence-corrected chi connectivity index (χ4v) is 3.30. The summed E-state index contributed by atoms with van der Waals surface area (Å²) in [5.41, 5.74) is 2.66. The Hall–Kier alpha value is -0.510. The van der Waals surface area contributed by atoms with Crippen LogP contribution in [0.1, 0.15) is 25.0 Å². The molecule has 0 saturated heterocycles. The second-order valence-corrected chi connectivity index (χ2v) is 6.12. The molecule has 1 aromatic rings. The average molecular weight is 267 g/mol. The Morgan fingerprint density at radius 1 is 1.33 bits per heavy atom. The summed E-state index contributed by atoms with van der Waals surface area (Å²) in [6, 6.07) is 8.94. The van der Waals surface area contributed by atoms with Crippen molar-refractivity contribution in [3.8, 4) is 0 Å². The van der Waals surface area contributed by atoms with Gasteiger partial charge in [-0.2, -0.15) is 11.8 Å². The van der Waals surface area contributed by atoms with Crippen LogP contribution in [0.3, 0.4) is 0 Å².